The Morgan fingerprint density at radius 1 is 1.39 bits per heavy atom. The highest BCUT2D eigenvalue weighted by Gasteiger charge is 2.20. The molecule has 0 unspecified atom stereocenters. The molecular weight excluding hydrogens is 360 g/mol. The minimum Gasteiger partial charge on any atom is -0.325 e. The summed E-state index contributed by atoms with van der Waals surface area (Å²) in [5, 5.41) is 10.2. The van der Waals surface area contributed by atoms with Gasteiger partial charge in [0.05, 0.1) is 17.8 Å². The molecule has 1 N–H and O–H groups in total. The maximum absolute atomic E-state index is 12.0. The van der Waals surface area contributed by atoms with Gasteiger partial charge in [0, 0.05) is 12.7 Å². The van der Waals surface area contributed by atoms with Crippen LogP contribution >= 0.6 is 23.1 Å². The lowest BCUT2D eigenvalue weighted by molar-refractivity contribution is -0.113. The first-order chi connectivity index (χ1) is 10.9. The summed E-state index contributed by atoms with van der Waals surface area (Å²) in [4.78, 5) is 16.6. The third-order valence-corrected chi connectivity index (χ3v) is 6.25. The quantitative estimate of drug-likeness (QED) is 0.578. The van der Waals surface area contributed by atoms with Crippen molar-refractivity contribution in [1.82, 2.24) is 14.7 Å². The first-order valence-corrected chi connectivity index (χ1v) is 9.56. The molecule has 0 bridgehead atoms. The molecule has 2 aromatic rings. The van der Waals surface area contributed by atoms with Gasteiger partial charge in [-0.05, 0) is 24.3 Å². The fourth-order valence-corrected chi connectivity index (χ4v) is 3.77. The van der Waals surface area contributed by atoms with Gasteiger partial charge in [0.25, 0.3) is 10.0 Å². The number of anilines is 1. The highest BCUT2D eigenvalue weighted by molar-refractivity contribution is 8.01. The number of hydroxylamine groups is 1. The predicted molar refractivity (Wildman–Crippen MR) is 87.7 cm³/mol. The maximum atomic E-state index is 12.0. The van der Waals surface area contributed by atoms with Crippen LogP contribution < -0.4 is 5.32 Å². The number of hydrogen-bond acceptors (Lipinski definition) is 8. The highest BCUT2D eigenvalue weighted by Crippen LogP contribution is 2.20. The molecule has 0 aliphatic carbocycles. The van der Waals surface area contributed by atoms with Crippen LogP contribution in [-0.4, -0.2) is 48.9 Å². The van der Waals surface area contributed by atoms with E-state index in [1.54, 1.807) is 5.51 Å². The van der Waals surface area contributed by atoms with E-state index in [0.29, 0.717) is 10.0 Å². The number of sulfonamides is 1. The van der Waals surface area contributed by atoms with Crippen LogP contribution in [0.15, 0.2) is 39.0 Å². The van der Waals surface area contributed by atoms with Crippen LogP contribution in [0.5, 0.6) is 0 Å². The molecule has 0 aliphatic heterocycles. The average Bonchev–Trinajstić information content (AvgIpc) is 3.06. The Balaban J connectivity index is 1.96. The van der Waals surface area contributed by atoms with Gasteiger partial charge in [-0.25, -0.2) is 8.42 Å². The smallest absolute Gasteiger partial charge is 0.264 e. The molecule has 0 fully saturated rings. The molecule has 124 valence electrons. The van der Waals surface area contributed by atoms with Crippen LogP contribution in [-0.2, 0) is 19.7 Å². The molecule has 1 aromatic carbocycles. The van der Waals surface area contributed by atoms with Gasteiger partial charge in [0.15, 0.2) is 4.34 Å². The van der Waals surface area contributed by atoms with Gasteiger partial charge in [-0.15, -0.1) is 10.2 Å². The summed E-state index contributed by atoms with van der Waals surface area (Å²) in [6, 6.07) is 5.84. The fraction of sp³-hybridized carbons (Fsp3) is 0.250. The molecule has 11 heteroatoms. The third kappa shape index (κ3) is 4.72. The Morgan fingerprint density at radius 2 is 2.09 bits per heavy atom. The average molecular weight is 374 g/mol. The van der Waals surface area contributed by atoms with Crippen LogP contribution in [0.2, 0.25) is 0 Å². The van der Waals surface area contributed by atoms with Crippen molar-refractivity contribution in [3.63, 3.8) is 0 Å². The van der Waals surface area contributed by atoms with Crippen LogP contribution in [0.3, 0.4) is 0 Å². The molecule has 23 heavy (non-hydrogen) atoms. The standard InChI is InChI=1S/C12H14N4O4S3/c1-16(20-2)23(18,19)10-5-3-9(4-6-10)14-11(17)7-21-12-15-13-8-22-12/h3-6,8H,7H2,1-2H3,(H,14,17). The van der Waals surface area contributed by atoms with Crippen molar-refractivity contribution in [3.8, 4) is 0 Å². The second kappa shape index (κ2) is 7.84. The van der Waals surface area contributed by atoms with E-state index in [9.17, 15) is 13.2 Å². The summed E-state index contributed by atoms with van der Waals surface area (Å²) in [6.45, 7) is 0. The summed E-state index contributed by atoms with van der Waals surface area (Å²) >= 11 is 2.64. The minimum atomic E-state index is -3.69. The van der Waals surface area contributed by atoms with Crippen molar-refractivity contribution < 1.29 is 18.0 Å². The second-order valence-electron chi connectivity index (χ2n) is 4.16. The third-order valence-electron chi connectivity index (χ3n) is 2.70. The SMILES string of the molecule is CON(C)S(=O)(=O)c1ccc(NC(=O)CSc2nncs2)cc1. The lowest BCUT2D eigenvalue weighted by Crippen LogP contribution is -2.25. The summed E-state index contributed by atoms with van der Waals surface area (Å²) in [5.74, 6) is -0.0170. The zero-order valence-corrected chi connectivity index (χ0v) is 14.7. The Labute approximate surface area is 141 Å². The Hall–Kier alpha value is -1.53. The van der Waals surface area contributed by atoms with E-state index in [1.807, 2.05) is 0 Å². The number of carbonyl (C=O) groups excluding carboxylic acids is 1. The van der Waals surface area contributed by atoms with E-state index in [0.717, 1.165) is 4.47 Å². The fourth-order valence-electron chi connectivity index (χ4n) is 1.51. The van der Waals surface area contributed by atoms with Crippen LogP contribution in [0.25, 0.3) is 0 Å². The van der Waals surface area contributed by atoms with E-state index in [4.69, 9.17) is 4.84 Å². The van der Waals surface area contributed by atoms with Crippen molar-refractivity contribution in [1.29, 1.82) is 0 Å². The number of nitrogens with one attached hydrogen (secondary N) is 1. The maximum Gasteiger partial charge on any atom is 0.264 e. The predicted octanol–water partition coefficient (Wildman–Crippen LogP) is 1.45. The molecule has 0 saturated heterocycles. The molecule has 0 aliphatic rings. The highest BCUT2D eigenvalue weighted by atomic mass is 32.2. The molecule has 0 radical (unpaired) electrons. The number of benzene rings is 1. The number of carbonyl (C=O) groups is 1. The number of rotatable bonds is 7. The normalized spacial score (nSPS) is 11.6. The van der Waals surface area contributed by atoms with Gasteiger partial charge in [0.1, 0.15) is 5.51 Å². The van der Waals surface area contributed by atoms with Crippen LogP contribution in [0.1, 0.15) is 0 Å². The minimum absolute atomic E-state index is 0.0723. The van der Waals surface area contributed by atoms with Crippen molar-refractivity contribution in [2.75, 3.05) is 25.2 Å². The van der Waals surface area contributed by atoms with Gasteiger partial charge < -0.3 is 5.32 Å². The summed E-state index contributed by atoms with van der Waals surface area (Å²) in [6.07, 6.45) is 0. The van der Waals surface area contributed by atoms with Gasteiger partial charge in [0.2, 0.25) is 5.91 Å². The second-order valence-corrected chi connectivity index (χ2v) is 8.15. The van der Waals surface area contributed by atoms with Crippen molar-refractivity contribution in [2.45, 2.75) is 9.24 Å². The molecular formula is C12H14N4O4S3. The number of amides is 1. The number of hydrogen-bond donors (Lipinski definition) is 1. The van der Waals surface area contributed by atoms with E-state index in [-0.39, 0.29) is 16.6 Å². The molecule has 0 spiro atoms. The van der Waals surface area contributed by atoms with E-state index < -0.39 is 10.0 Å². The van der Waals surface area contributed by atoms with E-state index >= 15 is 0 Å². The van der Waals surface area contributed by atoms with Gasteiger partial charge in [-0.3, -0.25) is 9.63 Å². The molecule has 1 heterocycles. The zero-order valence-electron chi connectivity index (χ0n) is 12.3. The van der Waals surface area contributed by atoms with E-state index in [2.05, 4.69) is 15.5 Å². The topological polar surface area (TPSA) is 101 Å². The van der Waals surface area contributed by atoms with Gasteiger partial charge in [-0.1, -0.05) is 27.6 Å². The Morgan fingerprint density at radius 3 is 2.65 bits per heavy atom. The first kappa shape index (κ1) is 17.8. The first-order valence-electron chi connectivity index (χ1n) is 6.25. The molecule has 8 nitrogen and oxygen atoms in total. The van der Waals surface area contributed by atoms with Crippen LogP contribution in [0, 0.1) is 0 Å². The number of thioether (sulfide) groups is 1. The molecule has 2 rings (SSSR count). The zero-order chi connectivity index (χ0) is 16.9. The molecule has 1 amide bonds. The van der Waals surface area contributed by atoms with Crippen LogP contribution in [0.4, 0.5) is 5.69 Å². The van der Waals surface area contributed by atoms with Gasteiger partial charge in [-0.2, -0.15) is 0 Å². The largest absolute Gasteiger partial charge is 0.325 e. The van der Waals surface area contributed by atoms with Crippen molar-refractivity contribution >= 4 is 44.7 Å². The molecule has 1 aromatic heterocycles. The lowest BCUT2D eigenvalue weighted by Gasteiger charge is -2.14. The lowest BCUT2D eigenvalue weighted by atomic mass is 10.3. The van der Waals surface area contributed by atoms with E-state index in [1.165, 1.54) is 61.5 Å². The Kier molecular flexibility index (Phi) is 6.07. The number of nitrogens with zero attached hydrogens (tertiary/aromatic N) is 3. The molecule has 0 saturated carbocycles. The summed E-state index contributed by atoms with van der Waals surface area (Å²) in [5.41, 5.74) is 2.10. The Bertz CT molecular complexity index is 747. The molecule has 0 atom stereocenters. The van der Waals surface area contributed by atoms with Crippen molar-refractivity contribution in [2.24, 2.45) is 0 Å². The number of aromatic nitrogens is 2. The summed E-state index contributed by atoms with van der Waals surface area (Å²) < 4.78 is 25.5. The van der Waals surface area contributed by atoms with Crippen molar-refractivity contribution in [3.05, 3.63) is 29.8 Å². The van der Waals surface area contributed by atoms with Gasteiger partial charge >= 0.3 is 0 Å². The summed E-state index contributed by atoms with van der Waals surface area (Å²) in [7, 11) is -1.13. The monoisotopic (exact) mass is 374 g/mol.